The first-order chi connectivity index (χ1) is 8.49. The number of carbonyl (C=O) groups excluding carboxylic acids is 1. The molecule has 0 saturated carbocycles. The number of anilines is 1. The molecule has 3 N–H and O–H groups in total. The van der Waals surface area contributed by atoms with Crippen LogP contribution in [-0.4, -0.2) is 24.7 Å². The van der Waals surface area contributed by atoms with Crippen LogP contribution in [0.5, 0.6) is 0 Å². The number of ether oxygens (including phenoxy) is 1. The van der Waals surface area contributed by atoms with Crippen LogP contribution in [0.2, 0.25) is 0 Å². The summed E-state index contributed by atoms with van der Waals surface area (Å²) in [5.74, 6) is -0.160. The minimum Gasteiger partial charge on any atom is -0.364 e. The molecule has 1 aromatic rings. The van der Waals surface area contributed by atoms with Crippen LogP contribution in [0.1, 0.15) is 25.8 Å². The highest BCUT2D eigenvalue weighted by Gasteiger charge is 2.21. The predicted molar refractivity (Wildman–Crippen MR) is 73.5 cm³/mol. The van der Waals surface area contributed by atoms with Gasteiger partial charge in [0.2, 0.25) is 5.91 Å². The molecule has 0 saturated heterocycles. The molecule has 0 radical (unpaired) electrons. The molecule has 0 bridgehead atoms. The van der Waals surface area contributed by atoms with E-state index in [9.17, 15) is 4.79 Å². The molecule has 4 heteroatoms. The van der Waals surface area contributed by atoms with Crippen LogP contribution >= 0.6 is 0 Å². The molecule has 0 aliphatic carbocycles. The Kier molecular flexibility index (Phi) is 5.31. The van der Waals surface area contributed by atoms with E-state index in [1.165, 1.54) is 0 Å². The van der Waals surface area contributed by atoms with Crippen molar-refractivity contribution < 1.29 is 9.53 Å². The lowest BCUT2D eigenvalue weighted by molar-refractivity contribution is -0.126. The average Bonchev–Trinajstić information content (AvgIpc) is 2.39. The minimum atomic E-state index is -0.426. The zero-order valence-electron chi connectivity index (χ0n) is 11.3. The second-order valence-electron chi connectivity index (χ2n) is 4.71. The van der Waals surface area contributed by atoms with Crippen molar-refractivity contribution in [2.45, 2.75) is 32.8 Å². The third-order valence-electron chi connectivity index (χ3n) is 3.07. The average molecular weight is 250 g/mol. The third-order valence-corrected chi connectivity index (χ3v) is 3.07. The van der Waals surface area contributed by atoms with Gasteiger partial charge in [0.05, 0.1) is 5.60 Å². The summed E-state index contributed by atoms with van der Waals surface area (Å²) in [5.41, 5.74) is 7.13. The fourth-order valence-corrected chi connectivity index (χ4v) is 1.38. The number of hydrogen-bond acceptors (Lipinski definition) is 3. The summed E-state index contributed by atoms with van der Waals surface area (Å²) in [5, 5.41) is 2.79. The molecular weight excluding hydrogens is 228 g/mol. The van der Waals surface area contributed by atoms with Crippen LogP contribution < -0.4 is 11.1 Å². The molecule has 1 atom stereocenters. The van der Waals surface area contributed by atoms with Gasteiger partial charge in [0.15, 0.2) is 0 Å². The van der Waals surface area contributed by atoms with Gasteiger partial charge in [0.1, 0.15) is 6.61 Å². The van der Waals surface area contributed by atoms with Gasteiger partial charge in [-0.05, 0) is 32.4 Å². The van der Waals surface area contributed by atoms with Gasteiger partial charge in [-0.3, -0.25) is 4.79 Å². The fraction of sp³-hybridized carbons (Fsp3) is 0.500. The Morgan fingerprint density at radius 3 is 2.50 bits per heavy atom. The fourth-order valence-electron chi connectivity index (χ4n) is 1.38. The molecule has 0 heterocycles. The molecule has 0 spiro atoms. The summed E-state index contributed by atoms with van der Waals surface area (Å²) in [6.07, 6.45) is 0.779. The monoisotopic (exact) mass is 250 g/mol. The Bertz CT molecular complexity index is 383. The van der Waals surface area contributed by atoms with Crippen LogP contribution in [0, 0.1) is 6.92 Å². The van der Waals surface area contributed by atoms with E-state index in [2.05, 4.69) is 5.32 Å². The second-order valence-corrected chi connectivity index (χ2v) is 4.71. The first-order valence-electron chi connectivity index (χ1n) is 6.19. The number of aryl methyl sites for hydroxylation is 1. The maximum atomic E-state index is 11.7. The van der Waals surface area contributed by atoms with E-state index in [0.29, 0.717) is 6.54 Å². The lowest BCUT2D eigenvalue weighted by atomic mass is 10.0. The summed E-state index contributed by atoms with van der Waals surface area (Å²) >= 11 is 0. The molecule has 0 aliphatic heterocycles. The van der Waals surface area contributed by atoms with Crippen LogP contribution in [0.15, 0.2) is 24.3 Å². The molecule has 1 aromatic carbocycles. The lowest BCUT2D eigenvalue weighted by Gasteiger charge is -2.26. The number of rotatable bonds is 6. The molecule has 4 nitrogen and oxygen atoms in total. The van der Waals surface area contributed by atoms with E-state index in [1.807, 2.05) is 45.0 Å². The zero-order valence-corrected chi connectivity index (χ0v) is 11.3. The first-order valence-corrected chi connectivity index (χ1v) is 6.19. The zero-order chi connectivity index (χ0) is 13.6. The smallest absolute Gasteiger partial charge is 0.250 e. The van der Waals surface area contributed by atoms with Crippen molar-refractivity contribution in [3.05, 3.63) is 29.8 Å². The van der Waals surface area contributed by atoms with Crippen molar-refractivity contribution >= 4 is 11.6 Å². The van der Waals surface area contributed by atoms with Crippen LogP contribution in [-0.2, 0) is 9.53 Å². The second kappa shape index (κ2) is 6.52. The number of nitrogens with two attached hydrogens (primary N) is 1. The molecule has 0 aromatic heterocycles. The molecular formula is C14H22N2O2. The Labute approximate surface area is 109 Å². The Morgan fingerprint density at radius 1 is 1.39 bits per heavy atom. The van der Waals surface area contributed by atoms with Gasteiger partial charge in [-0.1, -0.05) is 24.6 Å². The van der Waals surface area contributed by atoms with E-state index in [-0.39, 0.29) is 12.5 Å². The maximum absolute atomic E-state index is 11.7. The quantitative estimate of drug-likeness (QED) is 0.812. The van der Waals surface area contributed by atoms with Crippen molar-refractivity contribution in [1.82, 2.24) is 0 Å². The van der Waals surface area contributed by atoms with Crippen molar-refractivity contribution in [2.75, 3.05) is 18.5 Å². The van der Waals surface area contributed by atoms with Gasteiger partial charge < -0.3 is 15.8 Å². The third kappa shape index (κ3) is 4.47. The molecule has 100 valence electrons. The first kappa shape index (κ1) is 14.7. The Morgan fingerprint density at radius 2 is 2.00 bits per heavy atom. The predicted octanol–water partition coefficient (Wildman–Crippen LogP) is 2.08. The van der Waals surface area contributed by atoms with Gasteiger partial charge in [-0.2, -0.15) is 0 Å². The van der Waals surface area contributed by atoms with E-state index >= 15 is 0 Å². The summed E-state index contributed by atoms with van der Waals surface area (Å²) in [6.45, 7) is 6.33. The lowest BCUT2D eigenvalue weighted by Crippen LogP contribution is -2.39. The van der Waals surface area contributed by atoms with E-state index in [1.54, 1.807) is 0 Å². The summed E-state index contributed by atoms with van der Waals surface area (Å²) < 4.78 is 5.55. The van der Waals surface area contributed by atoms with Gasteiger partial charge in [0, 0.05) is 12.2 Å². The number of carbonyl (C=O) groups is 1. The van der Waals surface area contributed by atoms with Crippen molar-refractivity contribution in [3.8, 4) is 0 Å². The van der Waals surface area contributed by atoms with Crippen molar-refractivity contribution in [1.29, 1.82) is 0 Å². The molecule has 0 aliphatic rings. The highest BCUT2D eigenvalue weighted by molar-refractivity contribution is 5.91. The van der Waals surface area contributed by atoms with Gasteiger partial charge in [0.25, 0.3) is 0 Å². The highest BCUT2D eigenvalue weighted by Crippen LogP contribution is 2.13. The number of amides is 1. The molecule has 18 heavy (non-hydrogen) atoms. The topological polar surface area (TPSA) is 64.3 Å². The largest absolute Gasteiger partial charge is 0.364 e. The Hall–Kier alpha value is -1.39. The molecule has 1 rings (SSSR count). The highest BCUT2D eigenvalue weighted by atomic mass is 16.5. The Balaban J connectivity index is 2.45. The van der Waals surface area contributed by atoms with E-state index in [4.69, 9.17) is 10.5 Å². The van der Waals surface area contributed by atoms with Gasteiger partial charge in [-0.25, -0.2) is 0 Å². The van der Waals surface area contributed by atoms with Crippen LogP contribution in [0.3, 0.4) is 0 Å². The normalized spacial score (nSPS) is 14.0. The molecule has 0 fully saturated rings. The number of nitrogens with one attached hydrogen (secondary N) is 1. The van der Waals surface area contributed by atoms with E-state index in [0.717, 1.165) is 17.7 Å². The SMILES string of the molecule is CCC(C)(CN)OCC(=O)Nc1ccc(C)cc1. The summed E-state index contributed by atoms with van der Waals surface area (Å²) in [6, 6.07) is 7.64. The minimum absolute atomic E-state index is 0.0232. The summed E-state index contributed by atoms with van der Waals surface area (Å²) in [4.78, 5) is 11.7. The van der Waals surface area contributed by atoms with Gasteiger partial charge in [-0.15, -0.1) is 0 Å². The maximum Gasteiger partial charge on any atom is 0.250 e. The summed E-state index contributed by atoms with van der Waals surface area (Å²) in [7, 11) is 0. The molecule has 1 amide bonds. The molecule has 1 unspecified atom stereocenters. The van der Waals surface area contributed by atoms with Crippen LogP contribution in [0.4, 0.5) is 5.69 Å². The van der Waals surface area contributed by atoms with Gasteiger partial charge >= 0.3 is 0 Å². The van der Waals surface area contributed by atoms with E-state index < -0.39 is 5.60 Å². The number of benzene rings is 1. The number of hydrogen-bond donors (Lipinski definition) is 2. The van der Waals surface area contributed by atoms with Crippen LogP contribution in [0.25, 0.3) is 0 Å². The van der Waals surface area contributed by atoms with Crippen molar-refractivity contribution in [2.24, 2.45) is 5.73 Å². The van der Waals surface area contributed by atoms with Crippen molar-refractivity contribution in [3.63, 3.8) is 0 Å². The standard InChI is InChI=1S/C14H22N2O2/c1-4-14(3,10-15)18-9-13(17)16-12-7-5-11(2)6-8-12/h5-8H,4,9-10,15H2,1-3H3,(H,16,17).